The summed E-state index contributed by atoms with van der Waals surface area (Å²) in [6.45, 7) is -1.71. The molecule has 96 valence electrons. The summed E-state index contributed by atoms with van der Waals surface area (Å²) >= 11 is 5.82. The molecule has 17 heavy (non-hydrogen) atoms. The molecule has 0 atom stereocenters. The number of hydrogen-bond acceptors (Lipinski definition) is 3. The van der Waals surface area contributed by atoms with Gasteiger partial charge in [-0.05, 0) is 18.2 Å². The van der Waals surface area contributed by atoms with Gasteiger partial charge in [0.25, 0.3) is 0 Å². The largest absolute Gasteiger partial charge is 0.405 e. The average molecular weight is 269 g/mol. The number of halogens is 4. The van der Waals surface area contributed by atoms with E-state index in [0.717, 1.165) is 4.90 Å². The van der Waals surface area contributed by atoms with Crippen LogP contribution in [0.4, 0.5) is 24.5 Å². The van der Waals surface area contributed by atoms with Crippen LogP contribution in [-0.2, 0) is 0 Å². The van der Waals surface area contributed by atoms with Gasteiger partial charge in [-0.3, -0.25) is 0 Å². The van der Waals surface area contributed by atoms with Crippen molar-refractivity contribution in [3.05, 3.63) is 23.2 Å². The van der Waals surface area contributed by atoms with Crippen LogP contribution in [0.2, 0.25) is 5.02 Å². The Labute approximate surface area is 102 Å². The van der Waals surface area contributed by atoms with Crippen molar-refractivity contribution in [2.75, 3.05) is 30.3 Å². The smallest absolute Gasteiger partial charge is 0.399 e. The van der Waals surface area contributed by atoms with E-state index in [4.69, 9.17) is 22.4 Å². The van der Waals surface area contributed by atoms with Crippen molar-refractivity contribution in [2.45, 2.75) is 6.18 Å². The van der Waals surface area contributed by atoms with Crippen molar-refractivity contribution in [1.29, 1.82) is 0 Å². The van der Waals surface area contributed by atoms with Crippen molar-refractivity contribution < 1.29 is 18.3 Å². The zero-order valence-electron chi connectivity index (χ0n) is 8.84. The third-order valence-electron chi connectivity index (χ3n) is 2.05. The van der Waals surface area contributed by atoms with Gasteiger partial charge in [0.1, 0.15) is 6.54 Å². The second-order valence-electron chi connectivity index (χ2n) is 3.47. The molecule has 1 rings (SSSR count). The number of nitrogen functional groups attached to an aromatic ring is 1. The fourth-order valence-electron chi connectivity index (χ4n) is 1.40. The standard InChI is InChI=1S/C10H12ClF3N2O/c11-8-5-7(15)1-2-9(8)16(3-4-17)6-10(12,13)14/h1-2,5,17H,3-4,6,15H2. The monoisotopic (exact) mass is 268 g/mol. The van der Waals surface area contributed by atoms with E-state index in [-0.39, 0.29) is 17.3 Å². The van der Waals surface area contributed by atoms with Gasteiger partial charge in [0.2, 0.25) is 0 Å². The number of aliphatic hydroxyl groups excluding tert-OH is 1. The summed E-state index contributed by atoms with van der Waals surface area (Å²) < 4.78 is 37.0. The van der Waals surface area contributed by atoms with Gasteiger partial charge in [0.15, 0.2) is 0 Å². The van der Waals surface area contributed by atoms with Crippen LogP contribution in [0.25, 0.3) is 0 Å². The minimum atomic E-state index is -4.36. The third-order valence-corrected chi connectivity index (χ3v) is 2.36. The van der Waals surface area contributed by atoms with Crippen LogP contribution in [-0.4, -0.2) is 31.0 Å². The summed E-state index contributed by atoms with van der Waals surface area (Å²) in [4.78, 5) is 0.960. The number of rotatable bonds is 4. The molecule has 0 fully saturated rings. The SMILES string of the molecule is Nc1ccc(N(CCO)CC(F)(F)F)c(Cl)c1. The molecule has 0 radical (unpaired) electrons. The normalized spacial score (nSPS) is 11.6. The highest BCUT2D eigenvalue weighted by Gasteiger charge is 2.31. The molecule has 0 bridgehead atoms. The summed E-state index contributed by atoms with van der Waals surface area (Å²) in [5, 5.41) is 8.89. The molecule has 1 aromatic carbocycles. The lowest BCUT2D eigenvalue weighted by molar-refractivity contribution is -0.119. The summed E-state index contributed by atoms with van der Waals surface area (Å²) in [5.74, 6) is 0. The predicted molar refractivity (Wildman–Crippen MR) is 61.2 cm³/mol. The minimum Gasteiger partial charge on any atom is -0.399 e. The van der Waals surface area contributed by atoms with Gasteiger partial charge >= 0.3 is 6.18 Å². The fraction of sp³-hybridized carbons (Fsp3) is 0.400. The maximum atomic E-state index is 12.3. The Morgan fingerprint density at radius 3 is 2.47 bits per heavy atom. The van der Waals surface area contributed by atoms with Gasteiger partial charge in [-0.1, -0.05) is 11.6 Å². The molecule has 0 aromatic heterocycles. The van der Waals surface area contributed by atoms with Crippen molar-refractivity contribution in [3.8, 4) is 0 Å². The number of anilines is 2. The topological polar surface area (TPSA) is 49.5 Å². The Morgan fingerprint density at radius 1 is 1.35 bits per heavy atom. The summed E-state index contributed by atoms with van der Waals surface area (Å²) in [7, 11) is 0. The number of nitrogens with zero attached hydrogens (tertiary/aromatic N) is 1. The van der Waals surface area contributed by atoms with Crippen LogP contribution in [0.5, 0.6) is 0 Å². The first kappa shape index (κ1) is 13.9. The molecular weight excluding hydrogens is 257 g/mol. The summed E-state index contributed by atoms with van der Waals surface area (Å²) in [5.41, 5.74) is 6.03. The lowest BCUT2D eigenvalue weighted by Crippen LogP contribution is -2.36. The summed E-state index contributed by atoms with van der Waals surface area (Å²) in [6, 6.07) is 4.23. The highest BCUT2D eigenvalue weighted by Crippen LogP contribution is 2.30. The predicted octanol–water partition coefficient (Wildman–Crippen LogP) is 2.28. The molecule has 0 aliphatic heterocycles. The maximum absolute atomic E-state index is 12.3. The van der Waals surface area contributed by atoms with E-state index in [1.807, 2.05) is 0 Å². The van der Waals surface area contributed by atoms with Crippen LogP contribution in [0.1, 0.15) is 0 Å². The van der Waals surface area contributed by atoms with Crippen molar-refractivity contribution in [2.24, 2.45) is 0 Å². The second kappa shape index (κ2) is 5.46. The van der Waals surface area contributed by atoms with Gasteiger partial charge in [-0.2, -0.15) is 13.2 Å². The van der Waals surface area contributed by atoms with Gasteiger partial charge in [-0.25, -0.2) is 0 Å². The number of aliphatic hydroxyl groups is 1. The first-order chi connectivity index (χ1) is 7.83. The van der Waals surface area contributed by atoms with Crippen LogP contribution < -0.4 is 10.6 Å². The molecular formula is C10H12ClF3N2O. The lowest BCUT2D eigenvalue weighted by atomic mass is 10.2. The molecule has 1 aromatic rings. The van der Waals surface area contributed by atoms with Crippen molar-refractivity contribution in [1.82, 2.24) is 0 Å². The van der Waals surface area contributed by atoms with Crippen LogP contribution in [0, 0.1) is 0 Å². The first-order valence-electron chi connectivity index (χ1n) is 4.81. The summed E-state index contributed by atoms with van der Waals surface area (Å²) in [6.07, 6.45) is -4.36. The Hall–Kier alpha value is -1.14. The Bertz CT molecular complexity index is 384. The van der Waals surface area contributed by atoms with E-state index in [1.54, 1.807) is 0 Å². The zero-order chi connectivity index (χ0) is 13.1. The fourth-order valence-corrected chi connectivity index (χ4v) is 1.71. The molecule has 0 spiro atoms. The van der Waals surface area contributed by atoms with E-state index >= 15 is 0 Å². The van der Waals surface area contributed by atoms with E-state index in [0.29, 0.717) is 5.69 Å². The molecule has 0 amide bonds. The van der Waals surface area contributed by atoms with Crippen LogP contribution in [0.15, 0.2) is 18.2 Å². The first-order valence-corrected chi connectivity index (χ1v) is 5.19. The number of benzene rings is 1. The van der Waals surface area contributed by atoms with E-state index in [2.05, 4.69) is 0 Å². The highest BCUT2D eigenvalue weighted by molar-refractivity contribution is 6.33. The minimum absolute atomic E-state index is 0.128. The van der Waals surface area contributed by atoms with Gasteiger partial charge in [-0.15, -0.1) is 0 Å². The lowest BCUT2D eigenvalue weighted by Gasteiger charge is -2.26. The second-order valence-corrected chi connectivity index (χ2v) is 3.88. The van der Waals surface area contributed by atoms with Gasteiger partial charge in [0, 0.05) is 12.2 Å². The molecule has 3 N–H and O–H groups in total. The molecule has 0 aliphatic rings. The highest BCUT2D eigenvalue weighted by atomic mass is 35.5. The van der Waals surface area contributed by atoms with Gasteiger partial charge < -0.3 is 15.7 Å². The third kappa shape index (κ3) is 4.32. The van der Waals surface area contributed by atoms with Crippen LogP contribution >= 0.6 is 11.6 Å². The Balaban J connectivity index is 2.97. The molecule has 0 aliphatic carbocycles. The molecule has 3 nitrogen and oxygen atoms in total. The van der Waals surface area contributed by atoms with E-state index in [9.17, 15) is 13.2 Å². The molecule has 0 unspecified atom stereocenters. The van der Waals surface area contributed by atoms with E-state index < -0.39 is 19.3 Å². The number of nitrogens with two attached hydrogens (primary N) is 1. The Morgan fingerprint density at radius 2 is 2.00 bits per heavy atom. The average Bonchev–Trinajstić information content (AvgIpc) is 2.14. The van der Waals surface area contributed by atoms with Crippen molar-refractivity contribution in [3.63, 3.8) is 0 Å². The molecule has 0 heterocycles. The molecule has 0 saturated carbocycles. The Kier molecular flexibility index (Phi) is 4.47. The van der Waals surface area contributed by atoms with Gasteiger partial charge in [0.05, 0.1) is 17.3 Å². The van der Waals surface area contributed by atoms with Crippen molar-refractivity contribution >= 4 is 23.0 Å². The van der Waals surface area contributed by atoms with E-state index in [1.165, 1.54) is 18.2 Å². The zero-order valence-corrected chi connectivity index (χ0v) is 9.59. The number of alkyl halides is 3. The maximum Gasteiger partial charge on any atom is 0.405 e. The molecule has 0 saturated heterocycles. The number of hydrogen-bond donors (Lipinski definition) is 2. The quantitative estimate of drug-likeness (QED) is 0.824. The van der Waals surface area contributed by atoms with Crippen LogP contribution in [0.3, 0.4) is 0 Å². The molecule has 7 heteroatoms.